The molecule has 0 radical (unpaired) electrons. The Morgan fingerprint density at radius 3 is 1.56 bits per heavy atom. The molecule has 0 aliphatic heterocycles. The van der Waals surface area contributed by atoms with Gasteiger partial charge in [-0.25, -0.2) is 0 Å². The molecule has 0 bridgehead atoms. The van der Waals surface area contributed by atoms with Crippen molar-refractivity contribution in [3.8, 4) is 0 Å². The van der Waals surface area contributed by atoms with Crippen LogP contribution in [0.1, 0.15) is 90.9 Å². The van der Waals surface area contributed by atoms with Crippen LogP contribution < -0.4 is 5.73 Å². The summed E-state index contributed by atoms with van der Waals surface area (Å²) in [6.07, 6.45) is 16.3. The quantitative estimate of drug-likeness (QED) is 0.465. The van der Waals surface area contributed by atoms with Crippen LogP contribution in [-0.4, -0.2) is 6.04 Å². The number of hydrogen-bond donors (Lipinski definition) is 1. The van der Waals surface area contributed by atoms with Gasteiger partial charge in [0.15, 0.2) is 0 Å². The van der Waals surface area contributed by atoms with Gasteiger partial charge in [0.05, 0.1) is 0 Å². The molecule has 0 heterocycles. The fourth-order valence-corrected chi connectivity index (χ4v) is 2.16. The van der Waals surface area contributed by atoms with Crippen molar-refractivity contribution in [3.05, 3.63) is 0 Å². The van der Waals surface area contributed by atoms with Gasteiger partial charge < -0.3 is 5.73 Å². The van der Waals surface area contributed by atoms with E-state index in [1.165, 1.54) is 77.0 Å². The van der Waals surface area contributed by atoms with Crippen LogP contribution in [0.4, 0.5) is 0 Å². The zero-order chi connectivity index (χ0) is 12.1. The number of unbranched alkanes of at least 4 members (excludes halogenated alkanes) is 8. The second kappa shape index (κ2) is 13.0. The van der Waals surface area contributed by atoms with Crippen molar-refractivity contribution in [2.45, 2.75) is 96.9 Å². The van der Waals surface area contributed by atoms with Crippen molar-refractivity contribution in [1.82, 2.24) is 0 Å². The lowest BCUT2D eigenvalue weighted by Crippen LogP contribution is -2.19. The predicted molar refractivity (Wildman–Crippen MR) is 74.7 cm³/mol. The van der Waals surface area contributed by atoms with Crippen LogP contribution in [0.3, 0.4) is 0 Å². The Kier molecular flexibility index (Phi) is 13.0. The molecular formula is C15H33N. The number of nitrogens with two attached hydrogens (primary N) is 1. The minimum absolute atomic E-state index is 0.474. The lowest BCUT2D eigenvalue weighted by molar-refractivity contribution is 0.490. The predicted octanol–water partition coefficient (Wildman–Crippen LogP) is 5.03. The third-order valence-electron chi connectivity index (χ3n) is 3.36. The highest BCUT2D eigenvalue weighted by molar-refractivity contribution is 4.61. The fourth-order valence-electron chi connectivity index (χ4n) is 2.16. The molecule has 0 fully saturated rings. The zero-order valence-corrected chi connectivity index (χ0v) is 11.6. The van der Waals surface area contributed by atoms with E-state index in [2.05, 4.69) is 13.8 Å². The normalized spacial score (nSPS) is 12.9. The maximum Gasteiger partial charge on any atom is 0.00388 e. The molecule has 0 aromatic heterocycles. The fraction of sp³-hybridized carbons (Fsp3) is 1.00. The molecule has 2 N–H and O–H groups in total. The summed E-state index contributed by atoms with van der Waals surface area (Å²) in [5.74, 6) is 0. The summed E-state index contributed by atoms with van der Waals surface area (Å²) >= 11 is 0. The Morgan fingerprint density at radius 1 is 0.625 bits per heavy atom. The van der Waals surface area contributed by atoms with Gasteiger partial charge in [0.2, 0.25) is 0 Å². The van der Waals surface area contributed by atoms with Gasteiger partial charge in [0, 0.05) is 6.04 Å². The molecular weight excluding hydrogens is 194 g/mol. The minimum Gasteiger partial charge on any atom is -0.328 e. The monoisotopic (exact) mass is 227 g/mol. The van der Waals surface area contributed by atoms with E-state index in [4.69, 9.17) is 5.73 Å². The number of rotatable bonds is 12. The van der Waals surface area contributed by atoms with Crippen LogP contribution >= 0.6 is 0 Å². The highest BCUT2D eigenvalue weighted by atomic mass is 14.6. The average molecular weight is 227 g/mol. The maximum atomic E-state index is 6.08. The van der Waals surface area contributed by atoms with E-state index in [0.29, 0.717) is 6.04 Å². The Labute approximate surface area is 103 Å². The Balaban J connectivity index is 3.06. The Bertz CT molecular complexity index is 123. The maximum absolute atomic E-state index is 6.08. The summed E-state index contributed by atoms with van der Waals surface area (Å²) < 4.78 is 0. The first-order chi connectivity index (χ1) is 7.81. The SMILES string of the molecule is CCCCCCCCCC(N)CCCCC. The molecule has 0 aliphatic carbocycles. The van der Waals surface area contributed by atoms with Crippen molar-refractivity contribution in [1.29, 1.82) is 0 Å². The van der Waals surface area contributed by atoms with Gasteiger partial charge in [-0.1, -0.05) is 78.1 Å². The van der Waals surface area contributed by atoms with E-state index < -0.39 is 0 Å². The summed E-state index contributed by atoms with van der Waals surface area (Å²) in [7, 11) is 0. The van der Waals surface area contributed by atoms with Crippen LogP contribution in [0.25, 0.3) is 0 Å². The molecule has 16 heavy (non-hydrogen) atoms. The summed E-state index contributed by atoms with van der Waals surface area (Å²) in [4.78, 5) is 0. The molecule has 1 heteroatoms. The second-order valence-corrected chi connectivity index (χ2v) is 5.17. The lowest BCUT2D eigenvalue weighted by Gasteiger charge is -2.10. The molecule has 0 saturated heterocycles. The van der Waals surface area contributed by atoms with E-state index in [1.807, 2.05) is 0 Å². The number of hydrogen-bond acceptors (Lipinski definition) is 1. The first kappa shape index (κ1) is 16.0. The van der Waals surface area contributed by atoms with Gasteiger partial charge in [-0.15, -0.1) is 0 Å². The van der Waals surface area contributed by atoms with Crippen LogP contribution in [0.5, 0.6) is 0 Å². The van der Waals surface area contributed by atoms with Crippen LogP contribution in [0, 0.1) is 0 Å². The van der Waals surface area contributed by atoms with E-state index >= 15 is 0 Å². The highest BCUT2D eigenvalue weighted by Gasteiger charge is 2.01. The van der Waals surface area contributed by atoms with E-state index in [1.54, 1.807) is 0 Å². The van der Waals surface area contributed by atoms with Gasteiger partial charge in [-0.2, -0.15) is 0 Å². The summed E-state index contributed by atoms with van der Waals surface area (Å²) in [6.45, 7) is 4.52. The van der Waals surface area contributed by atoms with Gasteiger partial charge in [-0.3, -0.25) is 0 Å². The van der Waals surface area contributed by atoms with E-state index in [-0.39, 0.29) is 0 Å². The van der Waals surface area contributed by atoms with Crippen molar-refractivity contribution in [3.63, 3.8) is 0 Å². The molecule has 1 unspecified atom stereocenters. The lowest BCUT2D eigenvalue weighted by atomic mass is 10.0. The molecule has 0 rings (SSSR count). The molecule has 1 nitrogen and oxygen atoms in total. The third kappa shape index (κ3) is 12.0. The molecule has 0 spiro atoms. The van der Waals surface area contributed by atoms with Crippen molar-refractivity contribution in [2.75, 3.05) is 0 Å². The molecule has 1 atom stereocenters. The molecule has 0 aliphatic rings. The van der Waals surface area contributed by atoms with E-state index in [9.17, 15) is 0 Å². The van der Waals surface area contributed by atoms with Crippen LogP contribution in [0.15, 0.2) is 0 Å². The molecule has 0 saturated carbocycles. The molecule has 98 valence electrons. The molecule has 0 aromatic carbocycles. The first-order valence-electron chi connectivity index (χ1n) is 7.56. The minimum atomic E-state index is 0.474. The van der Waals surface area contributed by atoms with Crippen molar-refractivity contribution < 1.29 is 0 Å². The molecule has 0 aromatic rings. The third-order valence-corrected chi connectivity index (χ3v) is 3.36. The average Bonchev–Trinajstić information content (AvgIpc) is 2.28. The van der Waals surface area contributed by atoms with Gasteiger partial charge >= 0.3 is 0 Å². The van der Waals surface area contributed by atoms with Gasteiger partial charge in [0.25, 0.3) is 0 Å². The highest BCUT2D eigenvalue weighted by Crippen LogP contribution is 2.11. The Hall–Kier alpha value is -0.0400. The topological polar surface area (TPSA) is 26.0 Å². The van der Waals surface area contributed by atoms with E-state index in [0.717, 1.165) is 0 Å². The van der Waals surface area contributed by atoms with Crippen molar-refractivity contribution >= 4 is 0 Å². The van der Waals surface area contributed by atoms with Crippen LogP contribution in [0.2, 0.25) is 0 Å². The molecule has 0 amide bonds. The zero-order valence-electron chi connectivity index (χ0n) is 11.6. The Morgan fingerprint density at radius 2 is 1.00 bits per heavy atom. The summed E-state index contributed by atoms with van der Waals surface area (Å²) in [5, 5.41) is 0. The smallest absolute Gasteiger partial charge is 0.00388 e. The largest absolute Gasteiger partial charge is 0.328 e. The van der Waals surface area contributed by atoms with Gasteiger partial charge in [-0.05, 0) is 12.8 Å². The second-order valence-electron chi connectivity index (χ2n) is 5.17. The van der Waals surface area contributed by atoms with Crippen molar-refractivity contribution in [2.24, 2.45) is 5.73 Å². The standard InChI is InChI=1S/C15H33N/c1-3-5-7-8-9-10-12-14-15(16)13-11-6-4-2/h15H,3-14,16H2,1-2H3. The van der Waals surface area contributed by atoms with Crippen LogP contribution in [-0.2, 0) is 0 Å². The van der Waals surface area contributed by atoms with Gasteiger partial charge in [0.1, 0.15) is 0 Å². The summed E-state index contributed by atoms with van der Waals surface area (Å²) in [5.41, 5.74) is 6.08. The first-order valence-corrected chi connectivity index (χ1v) is 7.56. The summed E-state index contributed by atoms with van der Waals surface area (Å²) in [6, 6.07) is 0.474.